The average Bonchev–Trinajstić information content (AvgIpc) is 2.61. The summed E-state index contributed by atoms with van der Waals surface area (Å²) in [4.78, 5) is 10.8. The summed E-state index contributed by atoms with van der Waals surface area (Å²) in [6.07, 6.45) is 5.49. The van der Waals surface area contributed by atoms with Crippen molar-refractivity contribution in [3.63, 3.8) is 0 Å². The zero-order chi connectivity index (χ0) is 14.4. The van der Waals surface area contributed by atoms with Crippen LogP contribution in [0, 0.1) is 16.7 Å². The largest absolute Gasteiger partial charge is 0.478 e. The molecule has 0 aromatic carbocycles. The van der Waals surface area contributed by atoms with Gasteiger partial charge in [-0.15, -0.1) is 0 Å². The van der Waals surface area contributed by atoms with Gasteiger partial charge in [0.1, 0.15) is 0 Å². The molecule has 0 spiro atoms. The van der Waals surface area contributed by atoms with Crippen LogP contribution in [0.2, 0.25) is 0 Å². The molecular weight excluding hydrogens is 240 g/mol. The number of aliphatic carboxylic acids is 1. The predicted molar refractivity (Wildman–Crippen MR) is 75.0 cm³/mol. The van der Waals surface area contributed by atoms with Gasteiger partial charge >= 0.3 is 5.97 Å². The lowest BCUT2D eigenvalue weighted by Crippen LogP contribution is -2.38. The monoisotopic (exact) mass is 266 g/mol. The van der Waals surface area contributed by atoms with Gasteiger partial charge < -0.3 is 9.84 Å². The fourth-order valence-electron chi connectivity index (χ4n) is 4.06. The lowest BCUT2D eigenvalue weighted by molar-refractivity contribution is -0.132. The lowest BCUT2D eigenvalue weighted by atomic mass is 9.70. The van der Waals surface area contributed by atoms with E-state index in [2.05, 4.69) is 20.8 Å². The summed E-state index contributed by atoms with van der Waals surface area (Å²) < 4.78 is 6.16. The van der Waals surface area contributed by atoms with E-state index in [1.807, 2.05) is 6.92 Å². The van der Waals surface area contributed by atoms with Gasteiger partial charge in [0.05, 0.1) is 12.2 Å². The van der Waals surface area contributed by atoms with Gasteiger partial charge in [0.2, 0.25) is 0 Å². The van der Waals surface area contributed by atoms with Crippen LogP contribution in [0.1, 0.15) is 53.9 Å². The number of carboxylic acid groups (broad SMARTS) is 1. The number of carbonyl (C=O) groups is 1. The molecule has 0 amide bonds. The molecule has 0 heterocycles. The van der Waals surface area contributed by atoms with Crippen LogP contribution in [0.3, 0.4) is 0 Å². The smallest absolute Gasteiger partial charge is 0.331 e. The summed E-state index contributed by atoms with van der Waals surface area (Å²) in [5.41, 5.74) is 0.930. The third-order valence-corrected chi connectivity index (χ3v) is 5.91. The summed E-state index contributed by atoms with van der Waals surface area (Å²) in [5, 5.41) is 8.91. The quantitative estimate of drug-likeness (QED) is 0.790. The Morgan fingerprint density at radius 2 is 2.05 bits per heavy atom. The molecule has 3 nitrogen and oxygen atoms in total. The maximum absolute atomic E-state index is 10.8. The maximum atomic E-state index is 10.8. The van der Waals surface area contributed by atoms with Crippen LogP contribution >= 0.6 is 0 Å². The number of hydrogen-bond acceptors (Lipinski definition) is 2. The summed E-state index contributed by atoms with van der Waals surface area (Å²) in [6.45, 7) is 10.6. The van der Waals surface area contributed by atoms with Crippen molar-refractivity contribution in [3.8, 4) is 0 Å². The van der Waals surface area contributed by atoms with Crippen molar-refractivity contribution in [3.05, 3.63) is 11.6 Å². The van der Waals surface area contributed by atoms with Gasteiger partial charge in [-0.2, -0.15) is 0 Å². The third-order valence-electron chi connectivity index (χ3n) is 5.91. The van der Waals surface area contributed by atoms with E-state index in [1.54, 1.807) is 13.0 Å². The summed E-state index contributed by atoms with van der Waals surface area (Å²) in [6, 6.07) is 0. The number of rotatable bonds is 4. The van der Waals surface area contributed by atoms with Gasteiger partial charge in [-0.3, -0.25) is 0 Å². The van der Waals surface area contributed by atoms with Crippen molar-refractivity contribution in [2.75, 3.05) is 0 Å². The minimum Gasteiger partial charge on any atom is -0.478 e. The molecule has 0 saturated heterocycles. The fraction of sp³-hybridized carbons (Fsp3) is 0.812. The molecule has 2 aliphatic carbocycles. The second kappa shape index (κ2) is 4.62. The van der Waals surface area contributed by atoms with E-state index in [0.717, 1.165) is 12.3 Å². The SMILES string of the molecule is CC(=CC(C)OC1CC2CCC1(C)C2(C)C)C(=O)O. The highest BCUT2D eigenvalue weighted by atomic mass is 16.5. The second-order valence-electron chi connectivity index (χ2n) is 7.10. The molecule has 2 rings (SSSR count). The van der Waals surface area contributed by atoms with Crippen molar-refractivity contribution in [1.82, 2.24) is 0 Å². The molecule has 0 aliphatic heterocycles. The molecule has 2 saturated carbocycles. The molecule has 0 radical (unpaired) electrons. The number of fused-ring (bicyclic) bond motifs is 2. The Kier molecular flexibility index (Phi) is 3.54. The maximum Gasteiger partial charge on any atom is 0.331 e. The van der Waals surface area contributed by atoms with E-state index < -0.39 is 5.97 Å². The van der Waals surface area contributed by atoms with Crippen LogP contribution in [0.4, 0.5) is 0 Å². The minimum absolute atomic E-state index is 0.131. The highest BCUT2D eigenvalue weighted by Gasteiger charge is 2.62. The first kappa shape index (κ1) is 14.6. The topological polar surface area (TPSA) is 46.5 Å². The van der Waals surface area contributed by atoms with E-state index in [9.17, 15) is 4.79 Å². The first-order chi connectivity index (χ1) is 8.68. The zero-order valence-corrected chi connectivity index (χ0v) is 12.7. The molecule has 19 heavy (non-hydrogen) atoms. The van der Waals surface area contributed by atoms with Gasteiger partial charge in [-0.25, -0.2) is 4.79 Å². The molecule has 108 valence electrons. The normalized spacial score (nSPS) is 38.5. The molecule has 2 aliphatic rings. The first-order valence-corrected chi connectivity index (χ1v) is 7.25. The highest BCUT2D eigenvalue weighted by Crippen LogP contribution is 2.66. The Morgan fingerprint density at radius 3 is 2.47 bits per heavy atom. The molecule has 4 atom stereocenters. The Bertz CT molecular complexity index is 410. The van der Waals surface area contributed by atoms with Crippen LogP contribution in [0.15, 0.2) is 11.6 Å². The molecule has 0 aromatic rings. The lowest BCUT2D eigenvalue weighted by Gasteiger charge is -2.39. The Hall–Kier alpha value is -0.830. The molecule has 4 unspecified atom stereocenters. The molecule has 3 heteroatoms. The Labute approximate surface area is 116 Å². The van der Waals surface area contributed by atoms with Crippen LogP contribution in [-0.4, -0.2) is 23.3 Å². The highest BCUT2D eigenvalue weighted by molar-refractivity contribution is 5.85. The summed E-state index contributed by atoms with van der Waals surface area (Å²) in [7, 11) is 0. The van der Waals surface area contributed by atoms with E-state index in [1.165, 1.54) is 12.8 Å². The Morgan fingerprint density at radius 1 is 1.42 bits per heavy atom. The predicted octanol–water partition coefficient (Wildman–Crippen LogP) is 3.64. The van der Waals surface area contributed by atoms with Gasteiger partial charge in [0.15, 0.2) is 0 Å². The van der Waals surface area contributed by atoms with Gasteiger partial charge in [0, 0.05) is 5.57 Å². The molecule has 2 bridgehead atoms. The number of hydrogen-bond donors (Lipinski definition) is 1. The standard InChI is InChI=1S/C16H26O3/c1-10(14(17)18)8-11(2)19-13-9-12-6-7-16(13,5)15(12,3)4/h8,11-13H,6-7,9H2,1-5H3,(H,17,18). The third kappa shape index (κ3) is 2.22. The van der Waals surface area contributed by atoms with E-state index in [0.29, 0.717) is 11.0 Å². The molecular formula is C16H26O3. The number of ether oxygens (including phenoxy) is 1. The number of carboxylic acids is 1. The van der Waals surface area contributed by atoms with Gasteiger partial charge in [-0.05, 0) is 55.9 Å². The van der Waals surface area contributed by atoms with Crippen LogP contribution in [0.25, 0.3) is 0 Å². The van der Waals surface area contributed by atoms with Crippen LogP contribution in [-0.2, 0) is 9.53 Å². The van der Waals surface area contributed by atoms with E-state index >= 15 is 0 Å². The molecule has 2 fully saturated rings. The van der Waals surface area contributed by atoms with Crippen molar-refractivity contribution in [2.45, 2.75) is 66.1 Å². The minimum atomic E-state index is -0.866. The van der Waals surface area contributed by atoms with Gasteiger partial charge in [0.25, 0.3) is 0 Å². The van der Waals surface area contributed by atoms with Crippen molar-refractivity contribution in [2.24, 2.45) is 16.7 Å². The van der Waals surface area contributed by atoms with Crippen LogP contribution in [0.5, 0.6) is 0 Å². The average molecular weight is 266 g/mol. The van der Waals surface area contributed by atoms with Crippen molar-refractivity contribution < 1.29 is 14.6 Å². The molecule has 1 N–H and O–H groups in total. The summed E-state index contributed by atoms with van der Waals surface area (Å²) >= 11 is 0. The molecule has 0 aromatic heterocycles. The van der Waals surface area contributed by atoms with Crippen molar-refractivity contribution >= 4 is 5.97 Å². The van der Waals surface area contributed by atoms with E-state index in [-0.39, 0.29) is 17.6 Å². The Balaban J connectivity index is 2.06. The first-order valence-electron chi connectivity index (χ1n) is 7.25. The van der Waals surface area contributed by atoms with E-state index in [4.69, 9.17) is 9.84 Å². The second-order valence-corrected chi connectivity index (χ2v) is 7.10. The summed E-state index contributed by atoms with van der Waals surface area (Å²) in [5.74, 6) is -0.116. The van der Waals surface area contributed by atoms with Crippen LogP contribution < -0.4 is 0 Å². The van der Waals surface area contributed by atoms with Crippen molar-refractivity contribution in [1.29, 1.82) is 0 Å². The fourth-order valence-corrected chi connectivity index (χ4v) is 4.06. The van der Waals surface area contributed by atoms with Gasteiger partial charge in [-0.1, -0.05) is 20.8 Å². The zero-order valence-electron chi connectivity index (χ0n) is 12.7.